The third kappa shape index (κ3) is 2.29. The molecule has 1 aliphatic heterocycles. The zero-order chi connectivity index (χ0) is 13.2. The lowest BCUT2D eigenvalue weighted by Gasteiger charge is -2.30. The van der Waals surface area contributed by atoms with Crippen LogP contribution in [-0.2, 0) is 0 Å². The fraction of sp³-hybridized carbons (Fsp3) is 0.250. The minimum absolute atomic E-state index is 0.0100. The number of methoxy groups -OCH3 is 1. The van der Waals surface area contributed by atoms with Crippen LogP contribution >= 0.6 is 0 Å². The number of ether oxygens (including phenoxy) is 2. The summed E-state index contributed by atoms with van der Waals surface area (Å²) in [7, 11) is 1.66. The van der Waals surface area contributed by atoms with Crippen molar-refractivity contribution < 1.29 is 9.47 Å². The number of benzene rings is 2. The Kier molecular flexibility index (Phi) is 3.13. The van der Waals surface area contributed by atoms with Gasteiger partial charge in [-0.05, 0) is 23.8 Å². The predicted molar refractivity (Wildman–Crippen MR) is 74.4 cm³/mol. The maximum Gasteiger partial charge on any atom is 0.126 e. The number of rotatable bonds is 2. The molecule has 3 heteroatoms. The average Bonchev–Trinajstić information content (AvgIpc) is 2.47. The second kappa shape index (κ2) is 4.94. The SMILES string of the molecule is COc1ccc(C2C[C@@H](N)c3ccccc3O2)cc1. The van der Waals surface area contributed by atoms with Crippen molar-refractivity contribution in [2.45, 2.75) is 18.6 Å². The molecule has 0 radical (unpaired) electrons. The van der Waals surface area contributed by atoms with E-state index in [2.05, 4.69) is 0 Å². The van der Waals surface area contributed by atoms with Crippen molar-refractivity contribution in [2.75, 3.05) is 7.11 Å². The first-order valence-electron chi connectivity index (χ1n) is 6.43. The van der Waals surface area contributed by atoms with E-state index in [0.29, 0.717) is 0 Å². The molecule has 0 amide bonds. The van der Waals surface area contributed by atoms with Gasteiger partial charge in [-0.1, -0.05) is 30.3 Å². The highest BCUT2D eigenvalue weighted by Gasteiger charge is 2.26. The summed E-state index contributed by atoms with van der Waals surface area (Å²) in [5.41, 5.74) is 8.45. The Labute approximate surface area is 113 Å². The van der Waals surface area contributed by atoms with Crippen molar-refractivity contribution in [1.29, 1.82) is 0 Å². The highest BCUT2D eigenvalue weighted by atomic mass is 16.5. The molecule has 0 aliphatic carbocycles. The van der Waals surface area contributed by atoms with Crippen LogP contribution in [0, 0.1) is 0 Å². The lowest BCUT2D eigenvalue weighted by molar-refractivity contribution is 0.161. The zero-order valence-corrected chi connectivity index (χ0v) is 10.9. The van der Waals surface area contributed by atoms with Crippen LogP contribution in [0.2, 0.25) is 0 Å². The maximum absolute atomic E-state index is 6.23. The number of para-hydroxylation sites is 1. The standard InChI is InChI=1S/C16H17NO2/c1-18-12-8-6-11(7-9-12)16-10-14(17)13-4-2-3-5-15(13)19-16/h2-9,14,16H,10,17H2,1H3/t14-,16?/m1/s1. The summed E-state index contributed by atoms with van der Waals surface area (Å²) in [4.78, 5) is 0. The van der Waals surface area contributed by atoms with Gasteiger partial charge in [-0.25, -0.2) is 0 Å². The number of hydrogen-bond donors (Lipinski definition) is 1. The molecule has 19 heavy (non-hydrogen) atoms. The van der Waals surface area contributed by atoms with Gasteiger partial charge in [0.15, 0.2) is 0 Å². The molecule has 0 aromatic heterocycles. The Balaban J connectivity index is 1.87. The first-order chi connectivity index (χ1) is 9.28. The predicted octanol–water partition coefficient (Wildman–Crippen LogP) is 3.22. The van der Waals surface area contributed by atoms with Crippen molar-refractivity contribution in [3.8, 4) is 11.5 Å². The van der Waals surface area contributed by atoms with Gasteiger partial charge in [-0.15, -0.1) is 0 Å². The number of hydrogen-bond acceptors (Lipinski definition) is 3. The van der Waals surface area contributed by atoms with Crippen LogP contribution in [0.3, 0.4) is 0 Å². The first kappa shape index (κ1) is 12.1. The van der Waals surface area contributed by atoms with Gasteiger partial charge >= 0.3 is 0 Å². The van der Waals surface area contributed by atoms with E-state index in [9.17, 15) is 0 Å². The van der Waals surface area contributed by atoms with Crippen LogP contribution < -0.4 is 15.2 Å². The second-order valence-electron chi connectivity index (χ2n) is 4.76. The van der Waals surface area contributed by atoms with Crippen LogP contribution in [0.4, 0.5) is 0 Å². The van der Waals surface area contributed by atoms with Crippen molar-refractivity contribution in [2.24, 2.45) is 5.73 Å². The number of fused-ring (bicyclic) bond motifs is 1. The van der Waals surface area contributed by atoms with E-state index in [4.69, 9.17) is 15.2 Å². The van der Waals surface area contributed by atoms with Gasteiger partial charge in [0, 0.05) is 18.0 Å². The molecule has 2 aromatic rings. The van der Waals surface area contributed by atoms with Crippen molar-refractivity contribution in [3.63, 3.8) is 0 Å². The Morgan fingerprint density at radius 1 is 1.11 bits per heavy atom. The molecule has 1 aliphatic rings. The topological polar surface area (TPSA) is 44.5 Å². The summed E-state index contributed by atoms with van der Waals surface area (Å²) < 4.78 is 11.2. The quantitative estimate of drug-likeness (QED) is 0.896. The molecule has 2 aromatic carbocycles. The largest absolute Gasteiger partial charge is 0.497 e. The lowest BCUT2D eigenvalue weighted by atomic mass is 9.93. The van der Waals surface area contributed by atoms with E-state index in [-0.39, 0.29) is 12.1 Å². The molecule has 1 heterocycles. The van der Waals surface area contributed by atoms with Crippen LogP contribution in [0.1, 0.15) is 29.7 Å². The average molecular weight is 255 g/mol. The summed E-state index contributed by atoms with van der Waals surface area (Å²) in [5.74, 6) is 1.74. The molecule has 98 valence electrons. The van der Waals surface area contributed by atoms with E-state index in [1.54, 1.807) is 7.11 Å². The monoisotopic (exact) mass is 255 g/mol. The van der Waals surface area contributed by atoms with Crippen LogP contribution in [0.25, 0.3) is 0 Å². The summed E-state index contributed by atoms with van der Waals surface area (Å²) in [6.07, 6.45) is 0.805. The van der Waals surface area contributed by atoms with Gasteiger partial charge in [0.25, 0.3) is 0 Å². The maximum atomic E-state index is 6.23. The first-order valence-corrected chi connectivity index (χ1v) is 6.43. The fourth-order valence-corrected chi connectivity index (χ4v) is 2.48. The molecule has 2 atom stereocenters. The third-order valence-corrected chi connectivity index (χ3v) is 3.54. The van der Waals surface area contributed by atoms with Gasteiger partial charge in [0.05, 0.1) is 7.11 Å². The molecular formula is C16H17NO2. The highest BCUT2D eigenvalue weighted by molar-refractivity contribution is 5.39. The van der Waals surface area contributed by atoms with Gasteiger partial charge in [0.1, 0.15) is 17.6 Å². The van der Waals surface area contributed by atoms with E-state index in [1.807, 2.05) is 48.5 Å². The number of nitrogens with two attached hydrogens (primary N) is 1. The van der Waals surface area contributed by atoms with Crippen molar-refractivity contribution in [1.82, 2.24) is 0 Å². The van der Waals surface area contributed by atoms with Crippen LogP contribution in [-0.4, -0.2) is 7.11 Å². The van der Waals surface area contributed by atoms with Gasteiger partial charge in [-0.3, -0.25) is 0 Å². The fourth-order valence-electron chi connectivity index (χ4n) is 2.48. The van der Waals surface area contributed by atoms with Gasteiger partial charge in [-0.2, -0.15) is 0 Å². The normalized spacial score (nSPS) is 21.4. The zero-order valence-electron chi connectivity index (χ0n) is 10.9. The Morgan fingerprint density at radius 2 is 1.84 bits per heavy atom. The second-order valence-corrected chi connectivity index (χ2v) is 4.76. The summed E-state index contributed by atoms with van der Waals surface area (Å²) in [6.45, 7) is 0. The highest BCUT2D eigenvalue weighted by Crippen LogP contribution is 2.39. The summed E-state index contributed by atoms with van der Waals surface area (Å²) >= 11 is 0. The molecule has 3 nitrogen and oxygen atoms in total. The summed E-state index contributed by atoms with van der Waals surface area (Å²) in [6, 6.07) is 16.0. The third-order valence-electron chi connectivity index (χ3n) is 3.54. The summed E-state index contributed by atoms with van der Waals surface area (Å²) in [5, 5.41) is 0. The van der Waals surface area contributed by atoms with Gasteiger partial charge < -0.3 is 15.2 Å². The van der Waals surface area contributed by atoms with E-state index < -0.39 is 0 Å². The molecule has 3 rings (SSSR count). The van der Waals surface area contributed by atoms with Crippen molar-refractivity contribution >= 4 is 0 Å². The van der Waals surface area contributed by atoms with E-state index in [1.165, 1.54) is 0 Å². The van der Waals surface area contributed by atoms with Gasteiger partial charge in [0.2, 0.25) is 0 Å². The molecular weight excluding hydrogens is 238 g/mol. The van der Waals surface area contributed by atoms with Crippen molar-refractivity contribution in [3.05, 3.63) is 59.7 Å². The molecule has 0 fully saturated rings. The Hall–Kier alpha value is -2.00. The van der Waals surface area contributed by atoms with Crippen LogP contribution in [0.5, 0.6) is 11.5 Å². The molecule has 0 bridgehead atoms. The molecule has 0 saturated heterocycles. The smallest absolute Gasteiger partial charge is 0.126 e. The molecule has 2 N–H and O–H groups in total. The Bertz CT molecular complexity index is 565. The molecule has 0 spiro atoms. The minimum atomic E-state index is 0.0100. The van der Waals surface area contributed by atoms with Crippen LogP contribution in [0.15, 0.2) is 48.5 Å². The molecule has 0 saturated carbocycles. The minimum Gasteiger partial charge on any atom is -0.497 e. The lowest BCUT2D eigenvalue weighted by Crippen LogP contribution is -2.23. The molecule has 1 unspecified atom stereocenters. The Morgan fingerprint density at radius 3 is 2.58 bits per heavy atom. The van der Waals surface area contributed by atoms with E-state index in [0.717, 1.165) is 29.0 Å². The van der Waals surface area contributed by atoms with E-state index >= 15 is 0 Å².